The zero-order valence-electron chi connectivity index (χ0n) is 11.9. The summed E-state index contributed by atoms with van der Waals surface area (Å²) >= 11 is 0. The minimum Gasteiger partial charge on any atom is -0.491 e. The van der Waals surface area contributed by atoms with Crippen molar-refractivity contribution < 1.29 is 9.13 Å². The summed E-state index contributed by atoms with van der Waals surface area (Å²) in [6.45, 7) is 6.16. The van der Waals surface area contributed by atoms with Gasteiger partial charge in [-0.25, -0.2) is 4.39 Å². The molecular formula is C15H20FN3O. The number of nitrogen functional groups attached to an aromatic ring is 1. The highest BCUT2D eigenvalue weighted by molar-refractivity contribution is 5.71. The molecule has 0 amide bonds. The zero-order chi connectivity index (χ0) is 14.7. The number of nitrogens with zero attached hydrogens (tertiary/aromatic N) is 2. The van der Waals surface area contributed by atoms with Gasteiger partial charge in [0.2, 0.25) is 0 Å². The summed E-state index contributed by atoms with van der Waals surface area (Å²) < 4.78 is 20.2. The summed E-state index contributed by atoms with van der Waals surface area (Å²) in [6.07, 6.45) is 2.00. The molecule has 1 aliphatic rings. The molecule has 0 unspecified atom stereocenters. The summed E-state index contributed by atoms with van der Waals surface area (Å²) in [5.41, 5.74) is 6.15. The maximum atomic E-state index is 14.6. The molecule has 0 bridgehead atoms. The van der Waals surface area contributed by atoms with E-state index in [4.69, 9.17) is 15.7 Å². The van der Waals surface area contributed by atoms with Crippen molar-refractivity contribution in [1.82, 2.24) is 0 Å². The molecule has 0 aromatic heterocycles. The third kappa shape index (κ3) is 2.64. The molecule has 5 heteroatoms. The highest BCUT2D eigenvalue weighted by Crippen LogP contribution is 2.39. The molecule has 2 N–H and O–H groups in total. The van der Waals surface area contributed by atoms with Gasteiger partial charge in [-0.15, -0.1) is 0 Å². The van der Waals surface area contributed by atoms with Crippen molar-refractivity contribution in [1.29, 1.82) is 5.26 Å². The smallest absolute Gasteiger partial charge is 0.170 e. The number of halogens is 1. The van der Waals surface area contributed by atoms with Crippen LogP contribution in [0.1, 0.15) is 32.3 Å². The lowest BCUT2D eigenvalue weighted by molar-refractivity contribution is 0.273. The van der Waals surface area contributed by atoms with Crippen LogP contribution in [-0.4, -0.2) is 19.7 Å². The second-order valence-electron chi connectivity index (χ2n) is 5.33. The molecule has 0 fully saturated rings. The van der Waals surface area contributed by atoms with E-state index in [1.165, 1.54) is 0 Å². The summed E-state index contributed by atoms with van der Waals surface area (Å²) in [5.74, 6) is 0.178. The number of anilines is 2. The van der Waals surface area contributed by atoms with Crippen LogP contribution >= 0.6 is 0 Å². The minimum atomic E-state index is -0.562. The first-order valence-corrected chi connectivity index (χ1v) is 6.98. The predicted octanol–water partition coefficient (Wildman–Crippen LogP) is 2.91. The van der Waals surface area contributed by atoms with Crippen molar-refractivity contribution in [2.75, 3.05) is 30.3 Å². The molecule has 1 aromatic rings. The highest BCUT2D eigenvalue weighted by Gasteiger charge is 2.27. The monoisotopic (exact) mass is 277 g/mol. The Morgan fingerprint density at radius 1 is 1.60 bits per heavy atom. The molecule has 0 radical (unpaired) electrons. The van der Waals surface area contributed by atoms with Crippen molar-refractivity contribution in [2.45, 2.75) is 26.7 Å². The molecule has 0 spiro atoms. The van der Waals surface area contributed by atoms with E-state index in [1.54, 1.807) is 6.07 Å². The average molecular weight is 277 g/mol. The van der Waals surface area contributed by atoms with Crippen molar-refractivity contribution in [3.05, 3.63) is 17.4 Å². The van der Waals surface area contributed by atoms with E-state index in [2.05, 4.69) is 13.8 Å². The molecule has 0 saturated carbocycles. The molecule has 4 nitrogen and oxygen atoms in total. The lowest BCUT2D eigenvalue weighted by Crippen LogP contribution is -2.30. The Balaban J connectivity index is 2.51. The van der Waals surface area contributed by atoms with E-state index < -0.39 is 5.82 Å². The quantitative estimate of drug-likeness (QED) is 0.863. The molecule has 1 heterocycles. The lowest BCUT2D eigenvalue weighted by atomic mass is 10.1. The second-order valence-corrected chi connectivity index (χ2v) is 5.33. The summed E-state index contributed by atoms with van der Waals surface area (Å²) in [5, 5.41) is 9.06. The summed E-state index contributed by atoms with van der Waals surface area (Å²) in [4.78, 5) is 1.98. The normalized spacial score (nSPS) is 17.9. The van der Waals surface area contributed by atoms with Crippen LogP contribution in [0.5, 0.6) is 5.75 Å². The molecule has 1 aromatic carbocycles. The first-order chi connectivity index (χ1) is 9.58. The maximum Gasteiger partial charge on any atom is 0.170 e. The number of ether oxygens (including phenoxy) is 1. The minimum absolute atomic E-state index is 0.0941. The van der Waals surface area contributed by atoms with E-state index in [1.807, 2.05) is 11.0 Å². The Labute approximate surface area is 118 Å². The lowest BCUT2D eigenvalue weighted by Gasteiger charge is -2.26. The third-order valence-corrected chi connectivity index (χ3v) is 3.50. The Morgan fingerprint density at radius 2 is 2.35 bits per heavy atom. The molecule has 0 aliphatic carbocycles. The van der Waals surface area contributed by atoms with Gasteiger partial charge in [0, 0.05) is 25.1 Å². The molecule has 1 aliphatic heterocycles. The van der Waals surface area contributed by atoms with Gasteiger partial charge in [0.05, 0.1) is 12.3 Å². The van der Waals surface area contributed by atoms with E-state index in [0.717, 1.165) is 25.9 Å². The van der Waals surface area contributed by atoms with Gasteiger partial charge in [-0.2, -0.15) is 5.26 Å². The number of rotatable bonds is 3. The number of unbranched alkanes of at least 4 members (excludes halogenated alkanes) is 1. The van der Waals surface area contributed by atoms with Crippen molar-refractivity contribution in [2.24, 2.45) is 5.92 Å². The van der Waals surface area contributed by atoms with Crippen molar-refractivity contribution in [3.8, 4) is 11.8 Å². The van der Waals surface area contributed by atoms with E-state index in [-0.39, 0.29) is 11.3 Å². The third-order valence-electron chi connectivity index (χ3n) is 3.50. The maximum absolute atomic E-state index is 14.6. The molecule has 108 valence electrons. The fraction of sp³-hybridized carbons (Fsp3) is 0.533. The fourth-order valence-corrected chi connectivity index (χ4v) is 2.46. The zero-order valence-corrected chi connectivity index (χ0v) is 11.9. The molecule has 0 saturated heterocycles. The summed E-state index contributed by atoms with van der Waals surface area (Å²) in [7, 11) is 0. The standard InChI is InChI=1S/C15H20FN3O/c1-3-4-5-19-8-10(2)9-20-13-6-12(18)11(7-17)14(16)15(13)19/h6,10H,3-5,8-9,18H2,1-2H3/t10-/m0/s1. The number of hydrogen-bond acceptors (Lipinski definition) is 4. The SMILES string of the molecule is CCCCN1C[C@H](C)COc2cc(N)c(C#N)c(F)c21. The van der Waals surface area contributed by atoms with Crippen molar-refractivity contribution >= 4 is 11.4 Å². The second kappa shape index (κ2) is 6.00. The Hall–Kier alpha value is -1.96. The van der Waals surface area contributed by atoms with Crippen LogP contribution in [0.3, 0.4) is 0 Å². The van der Waals surface area contributed by atoms with Gasteiger partial charge in [-0.3, -0.25) is 0 Å². The van der Waals surface area contributed by atoms with E-state index in [0.29, 0.717) is 24.0 Å². The van der Waals surface area contributed by atoms with Gasteiger partial charge in [-0.05, 0) is 6.42 Å². The first kappa shape index (κ1) is 14.4. The van der Waals surface area contributed by atoms with Crippen LogP contribution in [0.15, 0.2) is 6.07 Å². The van der Waals surface area contributed by atoms with E-state index >= 15 is 0 Å². The van der Waals surface area contributed by atoms with Gasteiger partial charge in [0.15, 0.2) is 5.82 Å². The summed E-state index contributed by atoms with van der Waals surface area (Å²) in [6, 6.07) is 3.40. The van der Waals surface area contributed by atoms with Crippen LogP contribution in [0.2, 0.25) is 0 Å². The van der Waals surface area contributed by atoms with Crippen LogP contribution in [-0.2, 0) is 0 Å². The van der Waals surface area contributed by atoms with Gasteiger partial charge in [0.1, 0.15) is 23.1 Å². The van der Waals surface area contributed by atoms with Gasteiger partial charge < -0.3 is 15.4 Å². The molecular weight excluding hydrogens is 257 g/mol. The number of nitriles is 1. The average Bonchev–Trinajstić information content (AvgIpc) is 2.56. The molecule has 20 heavy (non-hydrogen) atoms. The Kier molecular flexibility index (Phi) is 4.33. The Bertz CT molecular complexity index is 539. The van der Waals surface area contributed by atoms with Crippen LogP contribution in [0, 0.1) is 23.1 Å². The van der Waals surface area contributed by atoms with E-state index in [9.17, 15) is 4.39 Å². The van der Waals surface area contributed by atoms with Crippen LogP contribution in [0.4, 0.5) is 15.8 Å². The Morgan fingerprint density at radius 3 is 3.00 bits per heavy atom. The van der Waals surface area contributed by atoms with Crippen LogP contribution < -0.4 is 15.4 Å². The fourth-order valence-electron chi connectivity index (χ4n) is 2.46. The van der Waals surface area contributed by atoms with Gasteiger partial charge in [0.25, 0.3) is 0 Å². The first-order valence-electron chi connectivity index (χ1n) is 6.98. The number of benzene rings is 1. The molecule has 1 atom stereocenters. The number of fused-ring (bicyclic) bond motifs is 1. The largest absolute Gasteiger partial charge is 0.491 e. The number of nitrogens with two attached hydrogens (primary N) is 1. The predicted molar refractivity (Wildman–Crippen MR) is 77.3 cm³/mol. The molecule has 2 rings (SSSR count). The van der Waals surface area contributed by atoms with Gasteiger partial charge in [-0.1, -0.05) is 20.3 Å². The number of hydrogen-bond donors (Lipinski definition) is 1. The van der Waals surface area contributed by atoms with Crippen molar-refractivity contribution in [3.63, 3.8) is 0 Å². The van der Waals surface area contributed by atoms with Gasteiger partial charge >= 0.3 is 0 Å². The highest BCUT2D eigenvalue weighted by atomic mass is 19.1. The topological polar surface area (TPSA) is 62.3 Å². The van der Waals surface area contributed by atoms with Crippen LogP contribution in [0.25, 0.3) is 0 Å².